The van der Waals surface area contributed by atoms with Crippen molar-refractivity contribution in [2.75, 3.05) is 23.7 Å². The largest absolute Gasteiger partial charge is 0.418 e. The molecule has 1 aliphatic rings. The van der Waals surface area contributed by atoms with Gasteiger partial charge in [0.25, 0.3) is 0 Å². The van der Waals surface area contributed by atoms with Crippen LogP contribution in [0.1, 0.15) is 18.4 Å². The zero-order chi connectivity index (χ0) is 13.3. The average Bonchev–Trinajstić information content (AvgIpc) is 2.28. The lowest BCUT2D eigenvalue weighted by molar-refractivity contribution is -0.136. The van der Waals surface area contributed by atoms with Crippen molar-refractivity contribution in [3.05, 3.63) is 23.8 Å². The summed E-state index contributed by atoms with van der Waals surface area (Å²) in [4.78, 5) is 1.75. The van der Waals surface area contributed by atoms with E-state index in [1.165, 1.54) is 6.07 Å². The van der Waals surface area contributed by atoms with Crippen molar-refractivity contribution >= 4 is 11.4 Å². The molecule has 0 aromatic heterocycles. The number of nitrogens with zero attached hydrogens (tertiary/aromatic N) is 1. The molecule has 3 nitrogen and oxygen atoms in total. The van der Waals surface area contributed by atoms with Crippen molar-refractivity contribution in [1.82, 2.24) is 0 Å². The van der Waals surface area contributed by atoms with Crippen molar-refractivity contribution < 1.29 is 18.3 Å². The summed E-state index contributed by atoms with van der Waals surface area (Å²) in [5, 5.41) is 9.54. The van der Waals surface area contributed by atoms with E-state index < -0.39 is 17.8 Å². The lowest BCUT2D eigenvalue weighted by atomic mass is 10.1. The molecule has 0 saturated carbocycles. The van der Waals surface area contributed by atoms with E-state index in [4.69, 9.17) is 5.73 Å². The predicted molar refractivity (Wildman–Crippen MR) is 63.3 cm³/mol. The van der Waals surface area contributed by atoms with E-state index in [1.54, 1.807) is 11.0 Å². The van der Waals surface area contributed by atoms with Crippen LogP contribution in [0.15, 0.2) is 18.2 Å². The summed E-state index contributed by atoms with van der Waals surface area (Å²) in [6.45, 7) is 1.01. The number of halogens is 3. The number of anilines is 2. The van der Waals surface area contributed by atoms with E-state index in [-0.39, 0.29) is 5.69 Å². The van der Waals surface area contributed by atoms with Crippen LogP contribution in [0.3, 0.4) is 0 Å². The van der Waals surface area contributed by atoms with Crippen LogP contribution >= 0.6 is 0 Å². The summed E-state index contributed by atoms with van der Waals surface area (Å²) in [7, 11) is 0. The lowest BCUT2D eigenvalue weighted by Crippen LogP contribution is -2.38. The highest BCUT2D eigenvalue weighted by Crippen LogP contribution is 2.36. The summed E-state index contributed by atoms with van der Waals surface area (Å²) in [5.74, 6) is 0. The molecule has 0 bridgehead atoms. The van der Waals surface area contributed by atoms with Crippen LogP contribution in [0.25, 0.3) is 0 Å². The van der Waals surface area contributed by atoms with Gasteiger partial charge in [0, 0.05) is 24.5 Å². The van der Waals surface area contributed by atoms with E-state index >= 15 is 0 Å². The third-order valence-corrected chi connectivity index (χ3v) is 3.10. The second-order valence-corrected chi connectivity index (χ2v) is 4.51. The van der Waals surface area contributed by atoms with Gasteiger partial charge in [-0.05, 0) is 31.0 Å². The van der Waals surface area contributed by atoms with Crippen molar-refractivity contribution in [1.29, 1.82) is 0 Å². The molecule has 6 heteroatoms. The summed E-state index contributed by atoms with van der Waals surface area (Å²) in [6.07, 6.45) is -3.47. The first-order valence-electron chi connectivity index (χ1n) is 5.77. The van der Waals surface area contributed by atoms with Gasteiger partial charge in [-0.2, -0.15) is 13.2 Å². The lowest BCUT2D eigenvalue weighted by Gasteiger charge is -2.32. The number of aliphatic hydroxyl groups is 1. The zero-order valence-electron chi connectivity index (χ0n) is 9.74. The van der Waals surface area contributed by atoms with Gasteiger partial charge in [0.15, 0.2) is 0 Å². The van der Waals surface area contributed by atoms with Crippen LogP contribution in [-0.4, -0.2) is 24.3 Å². The van der Waals surface area contributed by atoms with Gasteiger partial charge < -0.3 is 15.7 Å². The third-order valence-electron chi connectivity index (χ3n) is 3.10. The van der Waals surface area contributed by atoms with Crippen molar-refractivity contribution in [2.24, 2.45) is 0 Å². The molecule has 1 aromatic rings. The monoisotopic (exact) mass is 260 g/mol. The number of aliphatic hydroxyl groups excluding tert-OH is 1. The molecule has 1 heterocycles. The van der Waals surface area contributed by atoms with E-state index in [9.17, 15) is 18.3 Å². The molecule has 1 fully saturated rings. The SMILES string of the molecule is Nc1ccc(N2CCCC(O)C2)cc1C(F)(F)F. The molecule has 100 valence electrons. The summed E-state index contributed by atoms with van der Waals surface area (Å²) >= 11 is 0. The molecule has 0 radical (unpaired) electrons. The Morgan fingerprint density at radius 2 is 2.06 bits per heavy atom. The Morgan fingerprint density at radius 3 is 2.67 bits per heavy atom. The van der Waals surface area contributed by atoms with E-state index in [0.29, 0.717) is 25.2 Å². The highest BCUT2D eigenvalue weighted by molar-refractivity contribution is 5.59. The van der Waals surface area contributed by atoms with Crippen LogP contribution in [-0.2, 0) is 6.18 Å². The standard InChI is InChI=1S/C12H15F3N2O/c13-12(14,15)10-6-8(3-4-11(10)16)17-5-1-2-9(18)7-17/h3-4,6,9,18H,1-2,5,7,16H2. The quantitative estimate of drug-likeness (QED) is 0.761. The van der Waals surface area contributed by atoms with Gasteiger partial charge in [0.2, 0.25) is 0 Å². The molecule has 0 aliphatic carbocycles. The highest BCUT2D eigenvalue weighted by Gasteiger charge is 2.33. The van der Waals surface area contributed by atoms with Gasteiger partial charge in [-0.3, -0.25) is 0 Å². The number of alkyl halides is 3. The second-order valence-electron chi connectivity index (χ2n) is 4.51. The maximum atomic E-state index is 12.7. The molecule has 1 aliphatic heterocycles. The molecule has 3 N–H and O–H groups in total. The number of nitrogen functional groups attached to an aromatic ring is 1. The number of hydrogen-bond acceptors (Lipinski definition) is 3. The Kier molecular flexibility index (Phi) is 3.38. The predicted octanol–water partition coefficient (Wildman–Crippen LogP) is 2.25. The molecule has 18 heavy (non-hydrogen) atoms. The second kappa shape index (κ2) is 4.68. The Balaban J connectivity index is 2.29. The number of piperidine rings is 1. The third kappa shape index (κ3) is 2.69. The van der Waals surface area contributed by atoms with Gasteiger partial charge in [0.05, 0.1) is 11.7 Å². The molecule has 0 spiro atoms. The van der Waals surface area contributed by atoms with Gasteiger partial charge in [-0.15, -0.1) is 0 Å². The fraction of sp³-hybridized carbons (Fsp3) is 0.500. The Labute approximate surface area is 103 Å². The van der Waals surface area contributed by atoms with Crippen molar-refractivity contribution in [3.63, 3.8) is 0 Å². The van der Waals surface area contributed by atoms with Gasteiger partial charge in [-0.25, -0.2) is 0 Å². The molecule has 0 amide bonds. The number of hydrogen-bond donors (Lipinski definition) is 2. The minimum atomic E-state index is -4.45. The van der Waals surface area contributed by atoms with Gasteiger partial charge >= 0.3 is 6.18 Å². The molecular weight excluding hydrogens is 245 g/mol. The smallest absolute Gasteiger partial charge is 0.398 e. The number of nitrogens with two attached hydrogens (primary N) is 1. The van der Waals surface area contributed by atoms with Crippen molar-refractivity contribution in [3.8, 4) is 0 Å². The Bertz CT molecular complexity index is 434. The molecule has 1 aromatic carbocycles. The first-order valence-corrected chi connectivity index (χ1v) is 5.77. The van der Waals surface area contributed by atoms with Gasteiger partial charge in [0.1, 0.15) is 0 Å². The van der Waals surface area contributed by atoms with E-state index in [0.717, 1.165) is 12.5 Å². The van der Waals surface area contributed by atoms with Crippen LogP contribution in [0.5, 0.6) is 0 Å². The number of benzene rings is 1. The molecule has 1 unspecified atom stereocenters. The fourth-order valence-corrected chi connectivity index (χ4v) is 2.18. The molecule has 2 rings (SSSR count). The van der Waals surface area contributed by atoms with Crippen LogP contribution in [0, 0.1) is 0 Å². The molecule has 1 saturated heterocycles. The molecular formula is C12H15F3N2O. The van der Waals surface area contributed by atoms with Crippen molar-refractivity contribution in [2.45, 2.75) is 25.1 Å². The maximum absolute atomic E-state index is 12.7. The topological polar surface area (TPSA) is 49.5 Å². The minimum Gasteiger partial charge on any atom is -0.398 e. The van der Waals surface area contributed by atoms with Crippen LogP contribution < -0.4 is 10.6 Å². The highest BCUT2D eigenvalue weighted by atomic mass is 19.4. The molecule has 1 atom stereocenters. The number of rotatable bonds is 1. The average molecular weight is 260 g/mol. The van der Waals surface area contributed by atoms with Crippen LogP contribution in [0.4, 0.5) is 24.5 Å². The zero-order valence-corrected chi connectivity index (χ0v) is 9.74. The number of β-amino-alcohol motifs (C(OH)–C–C–N with tert-alkyl or cyclic N) is 1. The first-order chi connectivity index (χ1) is 8.38. The van der Waals surface area contributed by atoms with Gasteiger partial charge in [-0.1, -0.05) is 0 Å². The summed E-state index contributed by atoms with van der Waals surface area (Å²) < 4.78 is 38.2. The Morgan fingerprint density at radius 1 is 1.33 bits per heavy atom. The maximum Gasteiger partial charge on any atom is 0.418 e. The van der Waals surface area contributed by atoms with Crippen LogP contribution in [0.2, 0.25) is 0 Å². The first kappa shape index (κ1) is 13.0. The normalized spacial score (nSPS) is 21.1. The minimum absolute atomic E-state index is 0.274. The van der Waals surface area contributed by atoms with E-state index in [1.807, 2.05) is 0 Å². The summed E-state index contributed by atoms with van der Waals surface area (Å²) in [6, 6.07) is 3.87. The van der Waals surface area contributed by atoms with E-state index in [2.05, 4.69) is 0 Å². The Hall–Kier alpha value is -1.43. The fourth-order valence-electron chi connectivity index (χ4n) is 2.18. The summed E-state index contributed by atoms with van der Waals surface area (Å²) in [5.41, 5.74) is 4.70.